The topological polar surface area (TPSA) is 93.8 Å². The Morgan fingerprint density at radius 3 is 2.56 bits per heavy atom. The summed E-state index contributed by atoms with van der Waals surface area (Å²) in [7, 11) is 1.62. The number of carboxylic acid groups (broad SMARTS) is 1. The number of methoxy groups -OCH3 is 1. The van der Waals surface area contributed by atoms with Gasteiger partial charge in [-0.05, 0) is 48.7 Å². The van der Waals surface area contributed by atoms with Crippen LogP contribution in [0.1, 0.15) is 32.3 Å². The molecule has 7 heteroatoms. The molecule has 0 saturated heterocycles. The average molecular weight is 439 g/mol. The molecule has 7 nitrogen and oxygen atoms in total. The molecular weight excluding hydrogens is 408 g/mol. The minimum atomic E-state index is -0.899. The molecule has 0 fully saturated rings. The number of aromatic nitrogens is 2. The van der Waals surface area contributed by atoms with E-state index in [2.05, 4.69) is 0 Å². The van der Waals surface area contributed by atoms with Gasteiger partial charge >= 0.3 is 5.97 Å². The summed E-state index contributed by atoms with van der Waals surface area (Å²) in [6.45, 7) is 4.81. The fourth-order valence-corrected chi connectivity index (χ4v) is 3.49. The molecule has 0 unspecified atom stereocenters. The van der Waals surface area contributed by atoms with Crippen LogP contribution in [-0.4, -0.2) is 45.8 Å². The Balaban J connectivity index is 2.15. The zero-order valence-electron chi connectivity index (χ0n) is 18.7. The number of carbonyl (C=O) groups is 1. The van der Waals surface area contributed by atoms with Gasteiger partial charge in [0.05, 0.1) is 44.2 Å². The molecule has 1 aromatic heterocycles. The van der Waals surface area contributed by atoms with Crippen molar-refractivity contribution in [2.45, 2.75) is 45.8 Å². The number of para-hydroxylation sites is 1. The van der Waals surface area contributed by atoms with E-state index in [0.29, 0.717) is 42.3 Å². The van der Waals surface area contributed by atoms with Crippen molar-refractivity contribution in [1.82, 2.24) is 9.78 Å². The number of carboxylic acids is 1. The molecule has 0 amide bonds. The summed E-state index contributed by atoms with van der Waals surface area (Å²) in [5.41, 5.74) is 3.69. The van der Waals surface area contributed by atoms with Gasteiger partial charge in [-0.3, -0.25) is 9.48 Å². The first-order chi connectivity index (χ1) is 15.5. The van der Waals surface area contributed by atoms with Crippen LogP contribution in [0.3, 0.4) is 0 Å². The molecule has 2 aromatic carbocycles. The Hall–Kier alpha value is -3.32. The maximum Gasteiger partial charge on any atom is 0.307 e. The van der Waals surface area contributed by atoms with Crippen LogP contribution in [0.2, 0.25) is 0 Å². The van der Waals surface area contributed by atoms with Crippen molar-refractivity contribution in [2.24, 2.45) is 0 Å². The summed E-state index contributed by atoms with van der Waals surface area (Å²) in [5, 5.41) is 24.3. The van der Waals surface area contributed by atoms with Gasteiger partial charge in [0.25, 0.3) is 0 Å². The van der Waals surface area contributed by atoms with Gasteiger partial charge in [0.2, 0.25) is 0 Å². The average Bonchev–Trinajstić information content (AvgIpc) is 3.20. The van der Waals surface area contributed by atoms with E-state index in [0.717, 1.165) is 23.2 Å². The first kappa shape index (κ1) is 23.3. The number of hydrogen-bond donors (Lipinski definition) is 2. The third-order valence-corrected chi connectivity index (χ3v) is 5.15. The molecule has 0 aliphatic carbocycles. The van der Waals surface area contributed by atoms with Crippen LogP contribution in [0.15, 0.2) is 48.5 Å². The van der Waals surface area contributed by atoms with Crippen molar-refractivity contribution in [3.63, 3.8) is 0 Å². The first-order valence-corrected chi connectivity index (χ1v) is 10.8. The van der Waals surface area contributed by atoms with Gasteiger partial charge in [-0.15, -0.1) is 0 Å². The zero-order chi connectivity index (χ0) is 23.1. The van der Waals surface area contributed by atoms with Crippen molar-refractivity contribution in [2.75, 3.05) is 13.7 Å². The summed E-state index contributed by atoms with van der Waals surface area (Å²) in [6.07, 6.45) is 0.806. The Kier molecular flexibility index (Phi) is 7.89. The minimum Gasteiger partial charge on any atom is -0.496 e. The summed E-state index contributed by atoms with van der Waals surface area (Å²) >= 11 is 0. The lowest BCUT2D eigenvalue weighted by Crippen LogP contribution is -2.16. The fourth-order valence-electron chi connectivity index (χ4n) is 3.49. The summed E-state index contributed by atoms with van der Waals surface area (Å²) in [5.74, 6) is 0.450. The van der Waals surface area contributed by atoms with Crippen LogP contribution in [0, 0.1) is 0 Å². The van der Waals surface area contributed by atoms with E-state index >= 15 is 0 Å². The summed E-state index contributed by atoms with van der Waals surface area (Å²) < 4.78 is 13.3. The number of rotatable bonds is 11. The number of nitrogens with zero attached hydrogens (tertiary/aromatic N) is 2. The van der Waals surface area contributed by atoms with Gasteiger partial charge in [-0.1, -0.05) is 32.0 Å². The van der Waals surface area contributed by atoms with Crippen LogP contribution in [0.25, 0.3) is 22.5 Å². The lowest BCUT2D eigenvalue weighted by Gasteiger charge is -2.13. The Bertz CT molecular complexity index is 1060. The predicted molar refractivity (Wildman–Crippen MR) is 123 cm³/mol. The van der Waals surface area contributed by atoms with Gasteiger partial charge in [0, 0.05) is 11.1 Å². The Morgan fingerprint density at radius 1 is 1.09 bits per heavy atom. The van der Waals surface area contributed by atoms with Crippen molar-refractivity contribution >= 4 is 5.97 Å². The molecule has 0 radical (unpaired) electrons. The molecule has 0 aliphatic rings. The molecule has 0 saturated carbocycles. The third kappa shape index (κ3) is 5.48. The summed E-state index contributed by atoms with van der Waals surface area (Å²) in [4.78, 5) is 11.2. The molecule has 0 aliphatic heterocycles. The highest BCUT2D eigenvalue weighted by molar-refractivity contribution is 5.77. The maximum atomic E-state index is 11.2. The number of benzene rings is 2. The molecule has 0 spiro atoms. The molecule has 170 valence electrons. The highest BCUT2D eigenvalue weighted by Crippen LogP contribution is 2.36. The Morgan fingerprint density at radius 2 is 1.88 bits per heavy atom. The third-order valence-electron chi connectivity index (χ3n) is 5.15. The SMILES string of the molecule is CCCOc1ccc(CC(=O)O)cc1-c1cc(-c2ccccc2OC)n(C[C@H](O)CC)n1. The summed E-state index contributed by atoms with van der Waals surface area (Å²) in [6, 6.07) is 15.0. The van der Waals surface area contributed by atoms with Gasteiger partial charge < -0.3 is 19.7 Å². The second-order valence-corrected chi connectivity index (χ2v) is 7.61. The fraction of sp³-hybridized carbons (Fsp3) is 0.360. The first-order valence-electron chi connectivity index (χ1n) is 10.8. The van der Waals surface area contributed by atoms with E-state index in [9.17, 15) is 15.0 Å². The van der Waals surface area contributed by atoms with Gasteiger partial charge in [-0.25, -0.2) is 0 Å². The standard InChI is InChI=1S/C25H30N2O5/c1-4-12-32-24-11-10-17(14-25(29)30)13-20(24)21-15-22(27(26-21)16-18(28)5-2)19-8-6-7-9-23(19)31-3/h6-11,13,15,18,28H,4-5,12,14,16H2,1-3H3,(H,29,30)/t18-/m1/s1. The largest absolute Gasteiger partial charge is 0.496 e. The van der Waals surface area contributed by atoms with E-state index in [4.69, 9.17) is 14.6 Å². The molecule has 1 heterocycles. The molecule has 1 atom stereocenters. The van der Waals surface area contributed by atoms with Crippen LogP contribution < -0.4 is 9.47 Å². The van der Waals surface area contributed by atoms with Gasteiger partial charge in [-0.2, -0.15) is 5.10 Å². The second-order valence-electron chi connectivity index (χ2n) is 7.61. The van der Waals surface area contributed by atoms with Crippen LogP contribution >= 0.6 is 0 Å². The number of aliphatic hydroxyl groups excluding tert-OH is 1. The van der Waals surface area contributed by atoms with E-state index in [-0.39, 0.29) is 6.42 Å². The van der Waals surface area contributed by atoms with Crippen LogP contribution in [0.5, 0.6) is 11.5 Å². The molecule has 3 aromatic rings. The number of ether oxygens (including phenoxy) is 2. The van der Waals surface area contributed by atoms with Gasteiger partial charge in [0.1, 0.15) is 11.5 Å². The molecule has 2 N–H and O–H groups in total. The van der Waals surface area contributed by atoms with E-state index in [1.165, 1.54) is 0 Å². The van der Waals surface area contributed by atoms with Gasteiger partial charge in [0.15, 0.2) is 0 Å². The molecule has 3 rings (SSSR count). The number of aliphatic hydroxyl groups is 1. The van der Waals surface area contributed by atoms with E-state index < -0.39 is 12.1 Å². The van der Waals surface area contributed by atoms with Crippen molar-refractivity contribution < 1.29 is 24.5 Å². The lowest BCUT2D eigenvalue weighted by atomic mass is 10.0. The molecule has 0 bridgehead atoms. The number of aliphatic carboxylic acids is 1. The van der Waals surface area contributed by atoms with Crippen molar-refractivity contribution in [3.05, 3.63) is 54.1 Å². The van der Waals surface area contributed by atoms with E-state index in [1.807, 2.05) is 50.2 Å². The highest BCUT2D eigenvalue weighted by Gasteiger charge is 2.19. The molecule has 32 heavy (non-hydrogen) atoms. The smallest absolute Gasteiger partial charge is 0.307 e. The van der Waals surface area contributed by atoms with E-state index in [1.54, 1.807) is 23.9 Å². The second kappa shape index (κ2) is 10.8. The number of hydrogen-bond acceptors (Lipinski definition) is 5. The predicted octanol–water partition coefficient (Wildman–Crippen LogP) is 4.41. The normalized spacial score (nSPS) is 11.9. The quantitative estimate of drug-likeness (QED) is 0.461. The maximum absolute atomic E-state index is 11.2. The highest BCUT2D eigenvalue weighted by atomic mass is 16.5. The van der Waals surface area contributed by atoms with Crippen LogP contribution in [-0.2, 0) is 17.8 Å². The monoisotopic (exact) mass is 438 g/mol. The Labute approximate surface area is 188 Å². The minimum absolute atomic E-state index is 0.0876. The zero-order valence-corrected chi connectivity index (χ0v) is 18.7. The lowest BCUT2D eigenvalue weighted by molar-refractivity contribution is -0.136. The molecular formula is C25H30N2O5. The van der Waals surface area contributed by atoms with Crippen molar-refractivity contribution in [3.8, 4) is 34.0 Å². The van der Waals surface area contributed by atoms with Crippen molar-refractivity contribution in [1.29, 1.82) is 0 Å². The van der Waals surface area contributed by atoms with Crippen LogP contribution in [0.4, 0.5) is 0 Å².